The van der Waals surface area contributed by atoms with E-state index < -0.39 is 0 Å². The van der Waals surface area contributed by atoms with E-state index in [0.29, 0.717) is 0 Å². The van der Waals surface area contributed by atoms with Crippen LogP contribution in [0.4, 0.5) is 0 Å². The van der Waals surface area contributed by atoms with Gasteiger partial charge in [0.2, 0.25) is 0 Å². The van der Waals surface area contributed by atoms with Crippen molar-refractivity contribution in [2.24, 2.45) is 0 Å². The summed E-state index contributed by atoms with van der Waals surface area (Å²) in [4.78, 5) is 0. The zero-order valence-electron chi connectivity index (χ0n) is 29.4. The summed E-state index contributed by atoms with van der Waals surface area (Å²) in [6, 6.07) is 58.6. The SMILES string of the molecule is C1=Cc2oc3ccc4c(ccc5sc6cc(-c7ccc(-c8c9ccccc9c(-c9cccc%10ccccc9%10)c9ccccc89)cc7)ccc6c54)c3c2CC1. The van der Waals surface area contributed by atoms with Crippen molar-refractivity contribution in [2.45, 2.75) is 12.8 Å². The van der Waals surface area contributed by atoms with Gasteiger partial charge in [0.25, 0.3) is 0 Å². The first-order valence-electron chi connectivity index (χ1n) is 18.8. The van der Waals surface area contributed by atoms with E-state index in [1.165, 1.54) is 108 Å². The minimum Gasteiger partial charge on any atom is -0.456 e. The molecule has 252 valence electrons. The second kappa shape index (κ2) is 11.5. The summed E-state index contributed by atoms with van der Waals surface area (Å²) in [7, 11) is 0. The molecule has 0 spiro atoms. The molecule has 0 atom stereocenters. The maximum Gasteiger partial charge on any atom is 0.135 e. The molecule has 2 aromatic heterocycles. The highest BCUT2D eigenvalue weighted by molar-refractivity contribution is 7.26. The highest BCUT2D eigenvalue weighted by Gasteiger charge is 2.20. The molecule has 9 aromatic carbocycles. The molecule has 0 unspecified atom stereocenters. The summed E-state index contributed by atoms with van der Waals surface area (Å²) in [5.41, 5.74) is 9.90. The number of allylic oxidation sites excluding steroid dienone is 1. The quantitative estimate of drug-likeness (QED) is 0.167. The molecule has 2 heterocycles. The van der Waals surface area contributed by atoms with E-state index >= 15 is 0 Å². The second-order valence-corrected chi connectivity index (χ2v) is 15.7. The van der Waals surface area contributed by atoms with E-state index in [4.69, 9.17) is 4.42 Å². The Bertz CT molecular complexity index is 3310. The summed E-state index contributed by atoms with van der Waals surface area (Å²) in [5, 5.41) is 14.2. The Morgan fingerprint density at radius 2 is 1.07 bits per heavy atom. The van der Waals surface area contributed by atoms with Crippen LogP contribution in [-0.4, -0.2) is 0 Å². The fourth-order valence-corrected chi connectivity index (χ4v) is 10.5. The van der Waals surface area contributed by atoms with Gasteiger partial charge in [0.1, 0.15) is 11.3 Å². The highest BCUT2D eigenvalue weighted by atomic mass is 32.1. The fraction of sp³-hybridized carbons (Fsp3) is 0.0385. The second-order valence-electron chi connectivity index (χ2n) is 14.6. The zero-order valence-corrected chi connectivity index (χ0v) is 30.2. The molecule has 0 bridgehead atoms. The first-order valence-corrected chi connectivity index (χ1v) is 19.6. The monoisotopic (exact) mass is 704 g/mol. The Morgan fingerprint density at radius 1 is 0.444 bits per heavy atom. The van der Waals surface area contributed by atoms with E-state index in [1.807, 2.05) is 11.3 Å². The molecule has 0 fully saturated rings. The lowest BCUT2D eigenvalue weighted by Crippen LogP contribution is -1.91. The summed E-state index contributed by atoms with van der Waals surface area (Å²) in [5.74, 6) is 1.02. The molecule has 0 radical (unpaired) electrons. The zero-order chi connectivity index (χ0) is 35.3. The number of thiophene rings is 1. The predicted molar refractivity (Wildman–Crippen MR) is 233 cm³/mol. The van der Waals surface area contributed by atoms with Crippen molar-refractivity contribution in [1.29, 1.82) is 0 Å². The van der Waals surface area contributed by atoms with Crippen molar-refractivity contribution >= 4 is 91.6 Å². The van der Waals surface area contributed by atoms with Gasteiger partial charge in [-0.15, -0.1) is 11.3 Å². The van der Waals surface area contributed by atoms with Crippen LogP contribution in [0.15, 0.2) is 168 Å². The third kappa shape index (κ3) is 4.32. The van der Waals surface area contributed by atoms with Crippen molar-refractivity contribution in [3.8, 4) is 33.4 Å². The first-order chi connectivity index (χ1) is 26.8. The molecular formula is C52H32OS. The standard InChI is InChI=1S/C52H32OS/c1-2-12-35-32(10-1)11-9-18-36(35)50-39-15-5-3-13-37(39)49(38-14-4-6-16-40(38)50)33-22-20-31(21-23-33)34-24-25-44-48(30-34)54-47-29-27-41-42(52(44)47)26-28-46-51(41)43-17-7-8-19-45(43)53-46/h1-6,8-16,18-30H,7,17H2. The predicted octanol–water partition coefficient (Wildman–Crippen LogP) is 15.4. The lowest BCUT2D eigenvalue weighted by atomic mass is 9.84. The molecule has 0 amide bonds. The molecule has 0 saturated carbocycles. The van der Waals surface area contributed by atoms with Crippen LogP contribution >= 0.6 is 11.3 Å². The third-order valence-electron chi connectivity index (χ3n) is 11.7. The van der Waals surface area contributed by atoms with Crippen LogP contribution in [0.5, 0.6) is 0 Å². The van der Waals surface area contributed by atoms with E-state index in [9.17, 15) is 0 Å². The Hall–Kier alpha value is -6.48. The van der Waals surface area contributed by atoms with E-state index in [-0.39, 0.29) is 0 Å². The Balaban J connectivity index is 0.988. The van der Waals surface area contributed by atoms with Crippen LogP contribution in [0.3, 0.4) is 0 Å². The molecule has 54 heavy (non-hydrogen) atoms. The number of rotatable bonds is 3. The van der Waals surface area contributed by atoms with E-state index in [2.05, 4.69) is 170 Å². The normalized spacial score (nSPS) is 13.0. The maximum absolute atomic E-state index is 6.28. The lowest BCUT2D eigenvalue weighted by Gasteiger charge is -2.19. The van der Waals surface area contributed by atoms with Gasteiger partial charge in [-0.25, -0.2) is 0 Å². The number of hydrogen-bond acceptors (Lipinski definition) is 2. The summed E-state index contributed by atoms with van der Waals surface area (Å²) >= 11 is 1.89. The van der Waals surface area contributed by atoms with Crippen LogP contribution in [-0.2, 0) is 6.42 Å². The maximum atomic E-state index is 6.28. The third-order valence-corrected chi connectivity index (χ3v) is 12.9. The number of hydrogen-bond donors (Lipinski definition) is 0. The van der Waals surface area contributed by atoms with Crippen molar-refractivity contribution in [3.63, 3.8) is 0 Å². The van der Waals surface area contributed by atoms with Crippen LogP contribution < -0.4 is 0 Å². The molecule has 2 heteroatoms. The van der Waals surface area contributed by atoms with Gasteiger partial charge in [0, 0.05) is 31.1 Å². The molecule has 0 saturated heterocycles. The summed E-state index contributed by atoms with van der Waals surface area (Å²) < 4.78 is 8.92. The van der Waals surface area contributed by atoms with E-state index in [0.717, 1.165) is 24.2 Å². The smallest absolute Gasteiger partial charge is 0.135 e. The first kappa shape index (κ1) is 30.0. The summed E-state index contributed by atoms with van der Waals surface area (Å²) in [6.45, 7) is 0. The van der Waals surface area contributed by atoms with Crippen LogP contribution in [0, 0.1) is 0 Å². The molecule has 12 rings (SSSR count). The van der Waals surface area contributed by atoms with Gasteiger partial charge in [0.15, 0.2) is 0 Å². The van der Waals surface area contributed by atoms with Crippen LogP contribution in [0.1, 0.15) is 17.7 Å². The summed E-state index contributed by atoms with van der Waals surface area (Å²) in [6.07, 6.45) is 6.46. The van der Waals surface area contributed by atoms with Gasteiger partial charge >= 0.3 is 0 Å². The van der Waals surface area contributed by atoms with Gasteiger partial charge in [-0.05, 0) is 120 Å². The number of furan rings is 1. The average Bonchev–Trinajstić information content (AvgIpc) is 3.81. The molecule has 11 aromatic rings. The number of aryl methyl sites for hydroxylation is 1. The van der Waals surface area contributed by atoms with Crippen LogP contribution in [0.2, 0.25) is 0 Å². The average molecular weight is 705 g/mol. The van der Waals surface area contributed by atoms with Crippen molar-refractivity contribution < 1.29 is 4.42 Å². The van der Waals surface area contributed by atoms with Gasteiger partial charge in [-0.3, -0.25) is 0 Å². The topological polar surface area (TPSA) is 13.1 Å². The minimum atomic E-state index is 0.991. The Labute approximate surface area is 316 Å². The Morgan fingerprint density at radius 3 is 1.87 bits per heavy atom. The number of benzene rings is 9. The van der Waals surface area contributed by atoms with Gasteiger partial charge < -0.3 is 4.42 Å². The van der Waals surface area contributed by atoms with Crippen molar-refractivity contribution in [3.05, 3.63) is 175 Å². The van der Waals surface area contributed by atoms with Crippen LogP contribution in [0.25, 0.3) is 114 Å². The van der Waals surface area contributed by atoms with Gasteiger partial charge in [-0.2, -0.15) is 0 Å². The molecule has 1 aliphatic rings. The van der Waals surface area contributed by atoms with Crippen molar-refractivity contribution in [2.75, 3.05) is 0 Å². The van der Waals surface area contributed by atoms with Gasteiger partial charge in [0.05, 0.1) is 0 Å². The highest BCUT2D eigenvalue weighted by Crippen LogP contribution is 2.47. The molecule has 1 aliphatic carbocycles. The Kier molecular flexibility index (Phi) is 6.40. The molecule has 0 aliphatic heterocycles. The minimum absolute atomic E-state index is 0.991. The fourth-order valence-electron chi connectivity index (χ4n) is 9.34. The number of fused-ring (bicyclic) bond motifs is 12. The molecule has 1 nitrogen and oxygen atoms in total. The van der Waals surface area contributed by atoms with E-state index in [1.54, 1.807) is 0 Å². The van der Waals surface area contributed by atoms with Crippen molar-refractivity contribution in [1.82, 2.24) is 0 Å². The molecule has 0 N–H and O–H groups in total. The molecular weight excluding hydrogens is 673 g/mol. The lowest BCUT2D eigenvalue weighted by molar-refractivity contribution is 0.595. The van der Waals surface area contributed by atoms with Gasteiger partial charge in [-0.1, -0.05) is 140 Å². The largest absolute Gasteiger partial charge is 0.456 e.